The highest BCUT2D eigenvalue weighted by Crippen LogP contribution is 2.40. The minimum absolute atomic E-state index is 0.0854. The zero-order chi connectivity index (χ0) is 15.4. The molecule has 2 aliphatic rings. The van der Waals surface area contributed by atoms with Crippen molar-refractivity contribution in [2.75, 3.05) is 6.54 Å². The summed E-state index contributed by atoms with van der Waals surface area (Å²) in [5, 5.41) is 16.4. The van der Waals surface area contributed by atoms with Crippen molar-refractivity contribution in [2.45, 2.75) is 56.6 Å². The van der Waals surface area contributed by atoms with Gasteiger partial charge >= 0.3 is 6.03 Å². The van der Waals surface area contributed by atoms with Gasteiger partial charge in [-0.3, -0.25) is 0 Å². The Morgan fingerprint density at radius 2 is 1.86 bits per heavy atom. The van der Waals surface area contributed by atoms with Gasteiger partial charge in [0.25, 0.3) is 0 Å². The predicted octanol–water partition coefficient (Wildman–Crippen LogP) is 3.13. The van der Waals surface area contributed by atoms with Crippen molar-refractivity contribution in [3.05, 3.63) is 35.9 Å². The SMILES string of the molecule is O=C(NCC1(O)CCCCC1)NC(c1ccccc1)C1CC1. The van der Waals surface area contributed by atoms with Crippen LogP contribution in [0.2, 0.25) is 0 Å². The van der Waals surface area contributed by atoms with Crippen molar-refractivity contribution in [3.63, 3.8) is 0 Å². The average molecular weight is 302 g/mol. The zero-order valence-corrected chi connectivity index (χ0v) is 13.1. The zero-order valence-electron chi connectivity index (χ0n) is 13.1. The van der Waals surface area contributed by atoms with E-state index in [-0.39, 0.29) is 12.1 Å². The molecule has 3 N–H and O–H groups in total. The first kappa shape index (κ1) is 15.3. The van der Waals surface area contributed by atoms with E-state index in [4.69, 9.17) is 0 Å². The molecule has 0 saturated heterocycles. The lowest BCUT2D eigenvalue weighted by Gasteiger charge is -2.32. The summed E-state index contributed by atoms with van der Waals surface area (Å²) in [4.78, 5) is 12.2. The molecule has 1 unspecified atom stereocenters. The third-order valence-corrected chi connectivity index (χ3v) is 4.90. The van der Waals surface area contributed by atoms with Crippen LogP contribution < -0.4 is 10.6 Å². The predicted molar refractivity (Wildman–Crippen MR) is 86.5 cm³/mol. The quantitative estimate of drug-likeness (QED) is 0.782. The lowest BCUT2D eigenvalue weighted by atomic mass is 9.85. The molecule has 2 aliphatic carbocycles. The fourth-order valence-electron chi connectivity index (χ4n) is 3.39. The number of hydrogen-bond acceptors (Lipinski definition) is 2. The molecule has 2 fully saturated rings. The fraction of sp³-hybridized carbons (Fsp3) is 0.611. The largest absolute Gasteiger partial charge is 0.388 e. The summed E-state index contributed by atoms with van der Waals surface area (Å²) in [6, 6.07) is 10.1. The van der Waals surface area contributed by atoms with Crippen molar-refractivity contribution < 1.29 is 9.90 Å². The standard InChI is InChI=1S/C18H26N2O2/c21-17(19-13-18(22)11-5-2-6-12-18)20-16(15-9-10-15)14-7-3-1-4-8-14/h1,3-4,7-8,15-16,22H,2,5-6,9-13H2,(H2,19,20,21). The van der Waals surface area contributed by atoms with E-state index in [1.54, 1.807) is 0 Å². The number of hydrogen-bond donors (Lipinski definition) is 3. The molecule has 1 aromatic carbocycles. The Morgan fingerprint density at radius 3 is 2.50 bits per heavy atom. The molecule has 2 amide bonds. The van der Waals surface area contributed by atoms with Crippen LogP contribution in [0.15, 0.2) is 30.3 Å². The van der Waals surface area contributed by atoms with Crippen molar-refractivity contribution in [1.82, 2.24) is 10.6 Å². The fourth-order valence-corrected chi connectivity index (χ4v) is 3.39. The van der Waals surface area contributed by atoms with E-state index in [2.05, 4.69) is 22.8 Å². The van der Waals surface area contributed by atoms with Crippen LogP contribution in [-0.2, 0) is 0 Å². The maximum absolute atomic E-state index is 12.2. The van der Waals surface area contributed by atoms with E-state index in [1.165, 1.54) is 19.3 Å². The molecule has 0 bridgehead atoms. The van der Waals surface area contributed by atoms with Gasteiger partial charge in [0.1, 0.15) is 0 Å². The minimum Gasteiger partial charge on any atom is -0.388 e. The van der Waals surface area contributed by atoms with E-state index in [0.29, 0.717) is 12.5 Å². The number of nitrogens with one attached hydrogen (secondary N) is 2. The molecule has 0 radical (unpaired) electrons. The Labute approximate surface area is 132 Å². The second-order valence-corrected chi connectivity index (χ2v) is 6.84. The topological polar surface area (TPSA) is 61.4 Å². The molecular weight excluding hydrogens is 276 g/mol. The van der Waals surface area contributed by atoms with E-state index in [0.717, 1.165) is 31.2 Å². The number of amides is 2. The second-order valence-electron chi connectivity index (χ2n) is 6.84. The maximum Gasteiger partial charge on any atom is 0.315 e. The lowest BCUT2D eigenvalue weighted by Crippen LogP contribution is -2.48. The lowest BCUT2D eigenvalue weighted by molar-refractivity contribution is 0.00711. The molecule has 0 aromatic heterocycles. The highest BCUT2D eigenvalue weighted by Gasteiger charge is 2.34. The molecule has 0 spiro atoms. The second kappa shape index (κ2) is 6.69. The Bertz CT molecular complexity index is 493. The molecule has 0 heterocycles. The Kier molecular flexibility index (Phi) is 4.67. The van der Waals surface area contributed by atoms with Crippen molar-refractivity contribution in [3.8, 4) is 0 Å². The van der Waals surface area contributed by atoms with Gasteiger partial charge < -0.3 is 15.7 Å². The van der Waals surface area contributed by atoms with Crippen LogP contribution in [0.4, 0.5) is 4.79 Å². The van der Waals surface area contributed by atoms with E-state index < -0.39 is 5.60 Å². The van der Waals surface area contributed by atoms with Gasteiger partial charge in [-0.1, -0.05) is 49.6 Å². The van der Waals surface area contributed by atoms with E-state index in [1.807, 2.05) is 18.2 Å². The first-order valence-corrected chi connectivity index (χ1v) is 8.48. The average Bonchev–Trinajstić information content (AvgIpc) is 3.37. The molecule has 3 rings (SSSR count). The summed E-state index contributed by atoms with van der Waals surface area (Å²) in [5.41, 5.74) is 0.453. The first-order valence-electron chi connectivity index (χ1n) is 8.48. The first-order chi connectivity index (χ1) is 10.7. The molecule has 4 heteroatoms. The van der Waals surface area contributed by atoms with Crippen molar-refractivity contribution >= 4 is 6.03 Å². The summed E-state index contributed by atoms with van der Waals surface area (Å²) in [6.07, 6.45) is 7.21. The monoisotopic (exact) mass is 302 g/mol. The van der Waals surface area contributed by atoms with Crippen molar-refractivity contribution in [2.24, 2.45) is 5.92 Å². The number of carbonyl (C=O) groups is 1. The van der Waals surface area contributed by atoms with Crippen molar-refractivity contribution in [1.29, 1.82) is 0 Å². The molecule has 22 heavy (non-hydrogen) atoms. The molecule has 1 aromatic rings. The van der Waals surface area contributed by atoms with Crippen LogP contribution in [0.5, 0.6) is 0 Å². The van der Waals surface area contributed by atoms with E-state index in [9.17, 15) is 9.90 Å². The van der Waals surface area contributed by atoms with Crippen LogP contribution in [0, 0.1) is 5.92 Å². The van der Waals surface area contributed by atoms with Gasteiger partial charge in [0, 0.05) is 6.54 Å². The van der Waals surface area contributed by atoms with Crippen LogP contribution in [0.3, 0.4) is 0 Å². The van der Waals surface area contributed by atoms with Gasteiger partial charge in [-0.15, -0.1) is 0 Å². The Balaban J connectivity index is 1.53. The minimum atomic E-state index is -0.711. The highest BCUT2D eigenvalue weighted by atomic mass is 16.3. The summed E-state index contributed by atoms with van der Waals surface area (Å²) < 4.78 is 0. The van der Waals surface area contributed by atoms with Gasteiger partial charge in [0.2, 0.25) is 0 Å². The van der Waals surface area contributed by atoms with Crippen LogP contribution in [0.1, 0.15) is 56.6 Å². The summed E-state index contributed by atoms with van der Waals surface area (Å²) >= 11 is 0. The molecular formula is C18H26N2O2. The van der Waals surface area contributed by atoms with Crippen LogP contribution in [-0.4, -0.2) is 23.3 Å². The van der Waals surface area contributed by atoms with Gasteiger partial charge in [-0.2, -0.15) is 0 Å². The molecule has 120 valence electrons. The third kappa shape index (κ3) is 4.01. The number of rotatable bonds is 5. The third-order valence-electron chi connectivity index (χ3n) is 4.90. The Hall–Kier alpha value is -1.55. The molecule has 0 aliphatic heterocycles. The van der Waals surface area contributed by atoms with E-state index >= 15 is 0 Å². The van der Waals surface area contributed by atoms with Crippen LogP contribution in [0.25, 0.3) is 0 Å². The van der Waals surface area contributed by atoms with Gasteiger partial charge in [-0.25, -0.2) is 4.79 Å². The number of urea groups is 1. The number of aliphatic hydroxyl groups is 1. The summed E-state index contributed by atoms with van der Waals surface area (Å²) in [6.45, 7) is 0.352. The number of benzene rings is 1. The summed E-state index contributed by atoms with van der Waals surface area (Å²) in [7, 11) is 0. The molecule has 2 saturated carbocycles. The van der Waals surface area contributed by atoms with Gasteiger partial charge in [0.15, 0.2) is 0 Å². The van der Waals surface area contributed by atoms with Crippen LogP contribution >= 0.6 is 0 Å². The smallest absolute Gasteiger partial charge is 0.315 e. The normalized spacial score (nSPS) is 21.9. The maximum atomic E-state index is 12.2. The molecule has 1 atom stereocenters. The molecule has 4 nitrogen and oxygen atoms in total. The number of carbonyl (C=O) groups excluding carboxylic acids is 1. The van der Waals surface area contributed by atoms with Gasteiger partial charge in [0.05, 0.1) is 11.6 Å². The summed E-state index contributed by atoms with van der Waals surface area (Å²) in [5.74, 6) is 0.547. The van der Waals surface area contributed by atoms with Gasteiger partial charge in [-0.05, 0) is 37.2 Å². The highest BCUT2D eigenvalue weighted by molar-refractivity contribution is 5.74. The Morgan fingerprint density at radius 1 is 1.18 bits per heavy atom.